The first-order chi connectivity index (χ1) is 9.78. The lowest BCUT2D eigenvalue weighted by Crippen LogP contribution is -2.24. The van der Waals surface area contributed by atoms with Crippen molar-refractivity contribution in [3.05, 3.63) is 30.0 Å². The average Bonchev–Trinajstić information content (AvgIpc) is 2.85. The molecule has 108 valence electrons. The highest BCUT2D eigenvalue weighted by molar-refractivity contribution is 5.81. The third kappa shape index (κ3) is 2.72. The highest BCUT2D eigenvalue weighted by atomic mass is 16.5. The fraction of sp³-hybridized carbons (Fsp3) is 0.562. The standard InChI is InChI=1S/C16H22N2O2/c1-2-18-16-6-4-3-5-14(16)15(17-18)11-20-13-9-7-12(19)8-10-13/h3-6,12-13,19H,2,7-11H2,1H3. The molecule has 0 spiro atoms. The van der Waals surface area contributed by atoms with Crippen LogP contribution in [0.4, 0.5) is 0 Å². The molecule has 3 rings (SSSR count). The van der Waals surface area contributed by atoms with Gasteiger partial charge in [0.2, 0.25) is 0 Å². The summed E-state index contributed by atoms with van der Waals surface area (Å²) in [7, 11) is 0. The predicted molar refractivity (Wildman–Crippen MR) is 78.5 cm³/mol. The summed E-state index contributed by atoms with van der Waals surface area (Å²) in [6, 6.07) is 8.30. The minimum atomic E-state index is -0.130. The van der Waals surface area contributed by atoms with Crippen molar-refractivity contribution >= 4 is 10.9 Å². The van der Waals surface area contributed by atoms with Gasteiger partial charge in [0.25, 0.3) is 0 Å². The van der Waals surface area contributed by atoms with E-state index in [-0.39, 0.29) is 12.2 Å². The van der Waals surface area contributed by atoms with Gasteiger partial charge in [-0.1, -0.05) is 18.2 Å². The van der Waals surface area contributed by atoms with Crippen LogP contribution < -0.4 is 0 Å². The Labute approximate surface area is 119 Å². The van der Waals surface area contributed by atoms with E-state index in [2.05, 4.69) is 24.2 Å². The lowest BCUT2D eigenvalue weighted by Gasteiger charge is -2.25. The largest absolute Gasteiger partial charge is 0.393 e. The van der Waals surface area contributed by atoms with Crippen molar-refractivity contribution in [2.75, 3.05) is 0 Å². The van der Waals surface area contributed by atoms with Crippen molar-refractivity contribution in [3.63, 3.8) is 0 Å². The summed E-state index contributed by atoms with van der Waals surface area (Å²) < 4.78 is 8.02. The second-order valence-electron chi connectivity index (χ2n) is 5.52. The minimum Gasteiger partial charge on any atom is -0.393 e. The van der Waals surface area contributed by atoms with Gasteiger partial charge < -0.3 is 9.84 Å². The number of hydrogen-bond donors (Lipinski definition) is 1. The number of rotatable bonds is 4. The zero-order valence-electron chi connectivity index (χ0n) is 12.0. The van der Waals surface area contributed by atoms with Crippen molar-refractivity contribution in [2.24, 2.45) is 0 Å². The van der Waals surface area contributed by atoms with Gasteiger partial charge in [0.15, 0.2) is 0 Å². The number of nitrogens with zero attached hydrogens (tertiary/aromatic N) is 2. The number of benzene rings is 1. The SMILES string of the molecule is CCn1nc(COC2CCC(O)CC2)c2ccccc21. The van der Waals surface area contributed by atoms with Gasteiger partial charge in [-0.05, 0) is 38.7 Å². The Morgan fingerprint density at radius 1 is 1.25 bits per heavy atom. The fourth-order valence-electron chi connectivity index (χ4n) is 2.95. The van der Waals surface area contributed by atoms with E-state index in [1.165, 1.54) is 10.9 Å². The highest BCUT2D eigenvalue weighted by Gasteiger charge is 2.20. The number of aryl methyl sites for hydroxylation is 1. The predicted octanol–water partition coefficient (Wildman–Crippen LogP) is 2.88. The van der Waals surface area contributed by atoms with Gasteiger partial charge in [-0.15, -0.1) is 0 Å². The van der Waals surface area contributed by atoms with Crippen molar-refractivity contribution in [1.82, 2.24) is 9.78 Å². The van der Waals surface area contributed by atoms with Crippen molar-refractivity contribution < 1.29 is 9.84 Å². The van der Waals surface area contributed by atoms with Gasteiger partial charge >= 0.3 is 0 Å². The number of ether oxygens (including phenoxy) is 1. The molecule has 20 heavy (non-hydrogen) atoms. The van der Waals surface area contributed by atoms with E-state index in [0.29, 0.717) is 6.61 Å². The Kier molecular flexibility index (Phi) is 4.03. The van der Waals surface area contributed by atoms with E-state index in [1.807, 2.05) is 16.8 Å². The Balaban J connectivity index is 1.71. The van der Waals surface area contributed by atoms with Crippen LogP contribution in [0.1, 0.15) is 38.3 Å². The molecule has 1 N–H and O–H groups in total. The van der Waals surface area contributed by atoms with Crippen molar-refractivity contribution in [3.8, 4) is 0 Å². The molecule has 0 aliphatic heterocycles. The molecule has 1 aromatic heterocycles. The number of aliphatic hydroxyl groups is 1. The highest BCUT2D eigenvalue weighted by Crippen LogP contribution is 2.24. The van der Waals surface area contributed by atoms with E-state index < -0.39 is 0 Å². The number of aliphatic hydroxyl groups excluding tert-OH is 1. The molecular weight excluding hydrogens is 252 g/mol. The molecule has 4 nitrogen and oxygen atoms in total. The van der Waals surface area contributed by atoms with Gasteiger partial charge in [-0.3, -0.25) is 4.68 Å². The Bertz CT molecular complexity index is 571. The Morgan fingerprint density at radius 3 is 2.75 bits per heavy atom. The topological polar surface area (TPSA) is 47.3 Å². The molecule has 2 aromatic rings. The molecule has 1 aliphatic carbocycles. The van der Waals surface area contributed by atoms with Gasteiger partial charge in [0.05, 0.1) is 30.0 Å². The molecule has 1 aliphatic rings. The number of aromatic nitrogens is 2. The molecule has 1 saturated carbocycles. The summed E-state index contributed by atoms with van der Waals surface area (Å²) in [6.07, 6.45) is 3.75. The summed E-state index contributed by atoms with van der Waals surface area (Å²) in [5.74, 6) is 0. The normalized spacial score (nSPS) is 23.3. The van der Waals surface area contributed by atoms with Crippen molar-refractivity contribution in [1.29, 1.82) is 0 Å². The molecule has 1 aromatic carbocycles. The first-order valence-electron chi connectivity index (χ1n) is 7.52. The Hall–Kier alpha value is -1.39. The van der Waals surface area contributed by atoms with Crippen LogP contribution in [-0.2, 0) is 17.9 Å². The van der Waals surface area contributed by atoms with E-state index >= 15 is 0 Å². The van der Waals surface area contributed by atoms with Crippen LogP contribution in [0.15, 0.2) is 24.3 Å². The maximum Gasteiger partial charge on any atom is 0.0960 e. The Morgan fingerprint density at radius 2 is 2.00 bits per heavy atom. The molecule has 1 heterocycles. The van der Waals surface area contributed by atoms with Crippen LogP contribution in [0.2, 0.25) is 0 Å². The number of para-hydroxylation sites is 1. The van der Waals surface area contributed by atoms with Crippen LogP contribution in [-0.4, -0.2) is 27.1 Å². The van der Waals surface area contributed by atoms with Crippen LogP contribution in [0.3, 0.4) is 0 Å². The second kappa shape index (κ2) is 5.94. The monoisotopic (exact) mass is 274 g/mol. The molecule has 0 saturated heterocycles. The minimum absolute atomic E-state index is 0.130. The molecule has 4 heteroatoms. The van der Waals surface area contributed by atoms with E-state index in [0.717, 1.165) is 37.9 Å². The first kappa shape index (κ1) is 13.6. The van der Waals surface area contributed by atoms with Crippen LogP contribution in [0, 0.1) is 0 Å². The van der Waals surface area contributed by atoms with Crippen LogP contribution in [0.5, 0.6) is 0 Å². The van der Waals surface area contributed by atoms with Gasteiger partial charge in [-0.2, -0.15) is 5.10 Å². The zero-order valence-corrected chi connectivity index (χ0v) is 12.0. The molecule has 0 unspecified atom stereocenters. The maximum atomic E-state index is 9.52. The summed E-state index contributed by atoms with van der Waals surface area (Å²) in [4.78, 5) is 0. The van der Waals surface area contributed by atoms with Gasteiger partial charge in [-0.25, -0.2) is 0 Å². The summed E-state index contributed by atoms with van der Waals surface area (Å²) in [5, 5.41) is 15.4. The zero-order chi connectivity index (χ0) is 13.9. The number of fused-ring (bicyclic) bond motifs is 1. The van der Waals surface area contributed by atoms with E-state index in [1.54, 1.807) is 0 Å². The third-order valence-electron chi connectivity index (χ3n) is 4.13. The first-order valence-corrected chi connectivity index (χ1v) is 7.52. The lowest BCUT2D eigenvalue weighted by atomic mass is 9.95. The van der Waals surface area contributed by atoms with Gasteiger partial charge in [0.1, 0.15) is 0 Å². The maximum absolute atomic E-state index is 9.52. The number of hydrogen-bond acceptors (Lipinski definition) is 3. The summed E-state index contributed by atoms with van der Waals surface area (Å²) in [5.41, 5.74) is 2.20. The molecule has 0 radical (unpaired) electrons. The van der Waals surface area contributed by atoms with E-state index in [9.17, 15) is 5.11 Å². The fourth-order valence-corrected chi connectivity index (χ4v) is 2.95. The van der Waals surface area contributed by atoms with Crippen molar-refractivity contribution in [2.45, 2.75) is 58.0 Å². The molecule has 0 atom stereocenters. The van der Waals surface area contributed by atoms with E-state index in [4.69, 9.17) is 4.74 Å². The van der Waals surface area contributed by atoms with Gasteiger partial charge in [0, 0.05) is 11.9 Å². The quantitative estimate of drug-likeness (QED) is 0.932. The van der Waals surface area contributed by atoms with Crippen LogP contribution >= 0.6 is 0 Å². The van der Waals surface area contributed by atoms with Crippen LogP contribution in [0.25, 0.3) is 10.9 Å². The average molecular weight is 274 g/mol. The molecule has 0 bridgehead atoms. The summed E-state index contributed by atoms with van der Waals surface area (Å²) in [6.45, 7) is 3.54. The lowest BCUT2D eigenvalue weighted by molar-refractivity contribution is -0.0127. The molecule has 0 amide bonds. The molecule has 1 fully saturated rings. The third-order valence-corrected chi connectivity index (χ3v) is 4.13. The molecular formula is C16H22N2O2. The smallest absolute Gasteiger partial charge is 0.0960 e. The summed E-state index contributed by atoms with van der Waals surface area (Å²) >= 11 is 0. The second-order valence-corrected chi connectivity index (χ2v) is 5.52.